The van der Waals surface area contributed by atoms with Crippen LogP contribution in [0.4, 0.5) is 0 Å². The molecule has 2 atom stereocenters. The number of fused-ring (bicyclic) bond motifs is 1. The van der Waals surface area contributed by atoms with Crippen molar-refractivity contribution in [1.82, 2.24) is 14.1 Å². The average molecular weight is 493 g/mol. The number of amides is 1. The third kappa shape index (κ3) is 5.93. The fourth-order valence-electron chi connectivity index (χ4n) is 5.56. The molecular weight excluding hydrogens is 452 g/mol. The summed E-state index contributed by atoms with van der Waals surface area (Å²) in [5, 5.41) is 0. The number of nitrogens with zero attached hydrogens (tertiary/aromatic N) is 3. The topological polar surface area (TPSA) is 96.2 Å². The molecule has 2 N–H and O–H groups in total. The molecule has 34 heavy (non-hydrogen) atoms. The van der Waals surface area contributed by atoms with Crippen LogP contribution in [0.5, 0.6) is 5.75 Å². The van der Waals surface area contributed by atoms with E-state index in [0.29, 0.717) is 45.1 Å². The second-order valence-corrected chi connectivity index (χ2v) is 12.0. The second-order valence-electron chi connectivity index (χ2n) is 9.86. The molecule has 4 rings (SSSR count). The Morgan fingerprint density at radius 1 is 1.29 bits per heavy atom. The Bertz CT molecular complexity index is 954. The minimum absolute atomic E-state index is 0.126. The Morgan fingerprint density at radius 2 is 2.15 bits per heavy atom. The minimum atomic E-state index is -3.11. The van der Waals surface area contributed by atoms with Crippen molar-refractivity contribution in [3.8, 4) is 5.75 Å². The first-order valence-electron chi connectivity index (χ1n) is 12.9. The Balaban J connectivity index is 1.46. The molecule has 1 aromatic carbocycles. The fraction of sp³-hybridized carbons (Fsp3) is 0.720. The van der Waals surface area contributed by atoms with E-state index in [2.05, 4.69) is 30.0 Å². The predicted molar refractivity (Wildman–Crippen MR) is 133 cm³/mol. The van der Waals surface area contributed by atoms with Crippen LogP contribution in [0.15, 0.2) is 18.2 Å². The molecular formula is C25H40N4O4S. The summed E-state index contributed by atoms with van der Waals surface area (Å²) in [5.74, 6) is 1.70. The maximum absolute atomic E-state index is 13.2. The fourth-order valence-corrected chi connectivity index (χ4v) is 7.10. The third-order valence-electron chi connectivity index (χ3n) is 7.50. The summed E-state index contributed by atoms with van der Waals surface area (Å²) in [6, 6.07) is 6.68. The van der Waals surface area contributed by atoms with Gasteiger partial charge in [-0.05, 0) is 48.8 Å². The lowest BCUT2D eigenvalue weighted by Crippen LogP contribution is -2.45. The lowest BCUT2D eigenvalue weighted by atomic mass is 9.93. The summed E-state index contributed by atoms with van der Waals surface area (Å²) in [6.07, 6.45) is 5.35. The van der Waals surface area contributed by atoms with Crippen molar-refractivity contribution in [3.05, 3.63) is 29.3 Å². The van der Waals surface area contributed by atoms with Crippen molar-refractivity contribution >= 4 is 15.9 Å². The van der Waals surface area contributed by atoms with Crippen LogP contribution in [-0.4, -0.2) is 92.6 Å². The number of unbranched alkanes of at least 4 members (excludes halogenated alkanes) is 1. The monoisotopic (exact) mass is 492 g/mol. The van der Waals surface area contributed by atoms with Gasteiger partial charge in [0.15, 0.2) is 0 Å². The molecule has 0 aliphatic carbocycles. The summed E-state index contributed by atoms with van der Waals surface area (Å²) < 4.78 is 31.9. The van der Waals surface area contributed by atoms with Gasteiger partial charge < -0.3 is 15.4 Å². The van der Waals surface area contributed by atoms with Crippen molar-refractivity contribution in [2.24, 2.45) is 5.73 Å². The van der Waals surface area contributed by atoms with Crippen molar-refractivity contribution in [2.45, 2.75) is 57.4 Å². The number of carbonyl (C=O) groups excluding carboxylic acids is 1. The van der Waals surface area contributed by atoms with E-state index in [1.807, 2.05) is 4.90 Å². The van der Waals surface area contributed by atoms with Crippen LogP contribution in [0.25, 0.3) is 0 Å². The molecule has 0 aromatic heterocycles. The van der Waals surface area contributed by atoms with Gasteiger partial charge in [0.05, 0.1) is 18.9 Å². The number of nitrogens with two attached hydrogens (primary N) is 1. The van der Waals surface area contributed by atoms with Gasteiger partial charge in [-0.3, -0.25) is 9.69 Å². The van der Waals surface area contributed by atoms with Crippen molar-refractivity contribution in [3.63, 3.8) is 0 Å². The van der Waals surface area contributed by atoms with E-state index in [9.17, 15) is 13.2 Å². The lowest BCUT2D eigenvalue weighted by Gasteiger charge is -2.29. The number of benzene rings is 1. The second kappa shape index (κ2) is 11.4. The maximum atomic E-state index is 13.2. The van der Waals surface area contributed by atoms with Gasteiger partial charge in [-0.15, -0.1) is 0 Å². The van der Waals surface area contributed by atoms with Crippen molar-refractivity contribution in [1.29, 1.82) is 0 Å². The van der Waals surface area contributed by atoms with Crippen molar-refractivity contribution < 1.29 is 17.9 Å². The Labute approximate surface area is 204 Å². The third-order valence-corrected chi connectivity index (χ3v) is 9.46. The van der Waals surface area contributed by atoms with Crippen LogP contribution in [0.2, 0.25) is 0 Å². The summed E-state index contributed by atoms with van der Waals surface area (Å²) in [7, 11) is -3.11. The molecule has 9 heteroatoms. The van der Waals surface area contributed by atoms with Crippen LogP contribution < -0.4 is 10.5 Å². The van der Waals surface area contributed by atoms with E-state index < -0.39 is 10.0 Å². The van der Waals surface area contributed by atoms with Crippen LogP contribution >= 0.6 is 0 Å². The maximum Gasteiger partial charge on any atom is 0.236 e. The zero-order chi connectivity index (χ0) is 24.1. The zero-order valence-electron chi connectivity index (χ0n) is 20.5. The molecule has 0 bridgehead atoms. The number of hydrogen-bond acceptors (Lipinski definition) is 6. The first-order valence-corrected chi connectivity index (χ1v) is 14.5. The Morgan fingerprint density at radius 3 is 2.88 bits per heavy atom. The van der Waals surface area contributed by atoms with E-state index in [1.54, 1.807) is 4.31 Å². The van der Waals surface area contributed by atoms with E-state index in [-0.39, 0.29) is 17.7 Å². The molecule has 190 valence electrons. The molecule has 3 aliphatic rings. The van der Waals surface area contributed by atoms with Crippen LogP contribution in [0, 0.1) is 0 Å². The zero-order valence-corrected chi connectivity index (χ0v) is 21.3. The van der Waals surface area contributed by atoms with Gasteiger partial charge in [-0.25, -0.2) is 12.7 Å². The minimum Gasteiger partial charge on any atom is -0.493 e. The standard InChI is InChI=1S/C25H40N4O4S/c1-2-3-10-27(13-9-26)25(30)19-28-18-22(20-5-6-24-21(16-20)8-14-33-24)17-23(28)7-12-29-11-4-15-34(29,31)32/h5-6,16,22-23H,2-4,7-15,17-19,26H2,1H3/t22-,23+/m1/s1. The number of sulfonamides is 1. The summed E-state index contributed by atoms with van der Waals surface area (Å²) in [6.45, 7) is 6.98. The van der Waals surface area contributed by atoms with Gasteiger partial charge in [0, 0.05) is 51.7 Å². The largest absolute Gasteiger partial charge is 0.493 e. The molecule has 0 saturated carbocycles. The van der Waals surface area contributed by atoms with Gasteiger partial charge in [0.25, 0.3) is 0 Å². The number of rotatable bonds is 11. The predicted octanol–water partition coefficient (Wildman–Crippen LogP) is 1.79. The highest BCUT2D eigenvalue weighted by Crippen LogP contribution is 2.36. The summed E-state index contributed by atoms with van der Waals surface area (Å²) in [4.78, 5) is 17.4. The van der Waals surface area contributed by atoms with Crippen LogP contribution in [-0.2, 0) is 21.2 Å². The molecule has 1 aromatic rings. The molecule has 2 fully saturated rings. The first-order chi connectivity index (χ1) is 16.4. The van der Waals surface area contributed by atoms with Gasteiger partial charge in [-0.1, -0.05) is 25.5 Å². The molecule has 1 amide bonds. The molecule has 2 saturated heterocycles. The first kappa shape index (κ1) is 25.4. The quantitative estimate of drug-likeness (QED) is 0.506. The lowest BCUT2D eigenvalue weighted by molar-refractivity contribution is -0.132. The van der Waals surface area contributed by atoms with Crippen LogP contribution in [0.1, 0.15) is 56.1 Å². The average Bonchev–Trinajstić information content (AvgIpc) is 3.52. The normalized spacial score (nSPS) is 24.3. The summed E-state index contributed by atoms with van der Waals surface area (Å²) >= 11 is 0. The SMILES string of the molecule is CCCCN(CCN)C(=O)CN1C[C@H](c2ccc3c(c2)CCO3)C[C@@H]1CCN1CCCS1(=O)=O. The summed E-state index contributed by atoms with van der Waals surface area (Å²) in [5.41, 5.74) is 8.34. The van der Waals surface area contributed by atoms with E-state index in [1.165, 1.54) is 11.1 Å². The highest BCUT2D eigenvalue weighted by molar-refractivity contribution is 7.89. The smallest absolute Gasteiger partial charge is 0.236 e. The molecule has 0 unspecified atom stereocenters. The highest BCUT2D eigenvalue weighted by Gasteiger charge is 2.36. The Hall–Kier alpha value is -1.68. The molecule has 0 spiro atoms. The molecule has 3 aliphatic heterocycles. The number of likely N-dealkylation sites (tertiary alicyclic amines) is 1. The molecule has 0 radical (unpaired) electrons. The number of hydrogen-bond donors (Lipinski definition) is 1. The van der Waals surface area contributed by atoms with E-state index in [0.717, 1.165) is 57.6 Å². The number of carbonyl (C=O) groups is 1. The molecule has 8 nitrogen and oxygen atoms in total. The molecule has 3 heterocycles. The van der Waals surface area contributed by atoms with Gasteiger partial charge in [-0.2, -0.15) is 0 Å². The van der Waals surface area contributed by atoms with Crippen molar-refractivity contribution in [2.75, 3.05) is 58.2 Å². The Kier molecular flexibility index (Phi) is 8.50. The van der Waals surface area contributed by atoms with E-state index in [4.69, 9.17) is 10.5 Å². The van der Waals surface area contributed by atoms with Crippen LogP contribution in [0.3, 0.4) is 0 Å². The van der Waals surface area contributed by atoms with Gasteiger partial charge >= 0.3 is 0 Å². The highest BCUT2D eigenvalue weighted by atomic mass is 32.2. The van der Waals surface area contributed by atoms with E-state index >= 15 is 0 Å². The number of ether oxygens (including phenoxy) is 1. The van der Waals surface area contributed by atoms with Gasteiger partial charge in [0.1, 0.15) is 5.75 Å². The van der Waals surface area contributed by atoms with Gasteiger partial charge in [0.2, 0.25) is 15.9 Å².